The van der Waals surface area contributed by atoms with Crippen LogP contribution in [0.1, 0.15) is 12.0 Å². The number of thioether (sulfide) groups is 1. The zero-order valence-electron chi connectivity index (χ0n) is 10.7. The van der Waals surface area contributed by atoms with Gasteiger partial charge in [0.05, 0.1) is 5.56 Å². The summed E-state index contributed by atoms with van der Waals surface area (Å²) >= 11 is 2.55. The fraction of sp³-hybridized carbons (Fsp3) is 0.143. The van der Waals surface area contributed by atoms with Gasteiger partial charge in [-0.25, -0.2) is 8.78 Å². The highest BCUT2D eigenvalue weighted by Gasteiger charge is 2.09. The van der Waals surface area contributed by atoms with E-state index in [0.29, 0.717) is 21.2 Å². The topological polar surface area (TPSA) is 52.9 Å². The predicted molar refractivity (Wildman–Crippen MR) is 79.4 cm³/mol. The summed E-state index contributed by atoms with van der Waals surface area (Å²) in [5.74, 6) is -1.57. The van der Waals surface area contributed by atoms with Crippen LogP contribution >= 0.6 is 23.1 Å². The lowest BCUT2D eigenvalue weighted by molar-refractivity contribution is -0.115. The molecule has 0 saturated carbocycles. The lowest BCUT2D eigenvalue weighted by atomic mass is 10.3. The molecule has 1 N–H and O–H groups in total. The minimum atomic E-state index is -0.901. The van der Waals surface area contributed by atoms with Crippen molar-refractivity contribution in [2.45, 2.75) is 11.3 Å². The summed E-state index contributed by atoms with van der Waals surface area (Å²) in [6.07, 6.45) is 0.215. The van der Waals surface area contributed by atoms with Gasteiger partial charge in [-0.2, -0.15) is 5.26 Å². The standard InChI is InChI=1S/C14H10F2N2OS2/c15-11-2-1-10(7-12(11)16)20-6-4-13(19)18-14-9(8-17)3-5-21-14/h1-3,5,7H,4,6H2,(H,18,19). The molecule has 2 aromatic rings. The fourth-order valence-electron chi connectivity index (χ4n) is 1.51. The maximum Gasteiger partial charge on any atom is 0.225 e. The SMILES string of the molecule is N#Cc1ccsc1NC(=O)CCSc1ccc(F)c(F)c1. The Labute approximate surface area is 128 Å². The fourth-order valence-corrected chi connectivity index (χ4v) is 3.14. The molecule has 0 aliphatic carbocycles. The van der Waals surface area contributed by atoms with Crippen molar-refractivity contribution in [3.8, 4) is 6.07 Å². The van der Waals surface area contributed by atoms with Crippen LogP contribution in [0.3, 0.4) is 0 Å². The number of benzene rings is 1. The molecule has 0 saturated heterocycles. The first-order valence-corrected chi connectivity index (χ1v) is 7.82. The molecule has 0 atom stereocenters. The number of carbonyl (C=O) groups excluding carboxylic acids is 1. The van der Waals surface area contributed by atoms with Gasteiger partial charge in [-0.15, -0.1) is 23.1 Å². The molecule has 1 amide bonds. The summed E-state index contributed by atoms with van der Waals surface area (Å²) in [5.41, 5.74) is 0.432. The highest BCUT2D eigenvalue weighted by Crippen LogP contribution is 2.24. The monoisotopic (exact) mass is 324 g/mol. The molecule has 1 heterocycles. The molecular formula is C14H10F2N2OS2. The number of amides is 1. The number of rotatable bonds is 5. The van der Waals surface area contributed by atoms with Crippen molar-refractivity contribution in [2.75, 3.05) is 11.1 Å². The van der Waals surface area contributed by atoms with E-state index in [1.807, 2.05) is 6.07 Å². The van der Waals surface area contributed by atoms with Crippen molar-refractivity contribution in [3.63, 3.8) is 0 Å². The predicted octanol–water partition coefficient (Wildman–Crippen LogP) is 4.02. The number of nitrogens with one attached hydrogen (secondary N) is 1. The van der Waals surface area contributed by atoms with E-state index >= 15 is 0 Å². The number of anilines is 1. The van der Waals surface area contributed by atoms with Gasteiger partial charge in [-0.05, 0) is 29.6 Å². The molecule has 3 nitrogen and oxygen atoms in total. The first-order chi connectivity index (χ1) is 10.1. The summed E-state index contributed by atoms with van der Waals surface area (Å²) in [6.45, 7) is 0. The Bertz CT molecular complexity index is 695. The average molecular weight is 324 g/mol. The molecule has 7 heteroatoms. The number of carbonyl (C=O) groups is 1. The van der Waals surface area contributed by atoms with E-state index in [9.17, 15) is 13.6 Å². The number of hydrogen-bond donors (Lipinski definition) is 1. The first-order valence-electron chi connectivity index (χ1n) is 5.95. The van der Waals surface area contributed by atoms with Crippen molar-refractivity contribution in [1.82, 2.24) is 0 Å². The third kappa shape index (κ3) is 4.28. The van der Waals surface area contributed by atoms with Gasteiger partial charge in [-0.3, -0.25) is 4.79 Å². The number of nitriles is 1. The molecule has 0 spiro atoms. The second-order valence-electron chi connectivity index (χ2n) is 4.00. The lowest BCUT2D eigenvalue weighted by Crippen LogP contribution is -2.11. The van der Waals surface area contributed by atoms with E-state index < -0.39 is 11.6 Å². The zero-order chi connectivity index (χ0) is 15.2. The molecule has 1 aromatic heterocycles. The quantitative estimate of drug-likeness (QED) is 0.845. The molecule has 0 aliphatic heterocycles. The van der Waals surface area contributed by atoms with E-state index in [0.717, 1.165) is 12.1 Å². The Morgan fingerprint density at radius 3 is 2.86 bits per heavy atom. The van der Waals surface area contributed by atoms with Gasteiger partial charge in [0.2, 0.25) is 5.91 Å². The third-order valence-electron chi connectivity index (χ3n) is 2.53. The first kappa shape index (κ1) is 15.5. The van der Waals surface area contributed by atoms with Gasteiger partial charge in [-0.1, -0.05) is 0 Å². The molecule has 21 heavy (non-hydrogen) atoms. The number of halogens is 2. The summed E-state index contributed by atoms with van der Waals surface area (Å²) in [4.78, 5) is 12.3. The molecule has 108 valence electrons. The van der Waals surface area contributed by atoms with Crippen LogP contribution in [0.25, 0.3) is 0 Å². The Morgan fingerprint density at radius 2 is 2.14 bits per heavy atom. The van der Waals surface area contributed by atoms with E-state index in [1.54, 1.807) is 11.4 Å². The van der Waals surface area contributed by atoms with E-state index in [2.05, 4.69) is 5.32 Å². The Morgan fingerprint density at radius 1 is 1.33 bits per heavy atom. The minimum absolute atomic E-state index is 0.215. The summed E-state index contributed by atoms with van der Waals surface area (Å²) < 4.78 is 25.8. The van der Waals surface area contributed by atoms with Crippen LogP contribution in [0.15, 0.2) is 34.5 Å². The van der Waals surface area contributed by atoms with Gasteiger partial charge < -0.3 is 5.32 Å². The van der Waals surface area contributed by atoms with Crippen molar-refractivity contribution >= 4 is 34.0 Å². The largest absolute Gasteiger partial charge is 0.317 e. The Kier molecular flexibility index (Phi) is 5.31. The van der Waals surface area contributed by atoms with E-state index in [4.69, 9.17) is 5.26 Å². The molecule has 2 rings (SSSR count). The summed E-state index contributed by atoms with van der Waals surface area (Å²) in [7, 11) is 0. The normalized spacial score (nSPS) is 10.1. The van der Waals surface area contributed by atoms with Crippen LogP contribution in [0.2, 0.25) is 0 Å². The molecule has 0 fully saturated rings. The van der Waals surface area contributed by atoms with Crippen LogP contribution < -0.4 is 5.32 Å². The minimum Gasteiger partial charge on any atom is -0.317 e. The van der Waals surface area contributed by atoms with Crippen LogP contribution in [-0.2, 0) is 4.79 Å². The van der Waals surface area contributed by atoms with Gasteiger partial charge in [0, 0.05) is 17.1 Å². The van der Waals surface area contributed by atoms with Gasteiger partial charge in [0.25, 0.3) is 0 Å². The second kappa shape index (κ2) is 7.20. The number of hydrogen-bond acceptors (Lipinski definition) is 4. The van der Waals surface area contributed by atoms with E-state index in [1.165, 1.54) is 29.2 Å². The lowest BCUT2D eigenvalue weighted by Gasteiger charge is -2.04. The summed E-state index contributed by atoms with van der Waals surface area (Å²) in [6, 6.07) is 7.25. The van der Waals surface area contributed by atoms with Crippen molar-refractivity contribution in [2.24, 2.45) is 0 Å². The Balaban J connectivity index is 1.82. The maximum absolute atomic E-state index is 13.0. The van der Waals surface area contributed by atoms with E-state index in [-0.39, 0.29) is 12.3 Å². The van der Waals surface area contributed by atoms with Crippen LogP contribution in [-0.4, -0.2) is 11.7 Å². The van der Waals surface area contributed by atoms with Crippen molar-refractivity contribution in [3.05, 3.63) is 46.8 Å². The maximum atomic E-state index is 13.0. The van der Waals surface area contributed by atoms with Crippen LogP contribution in [0.4, 0.5) is 13.8 Å². The summed E-state index contributed by atoms with van der Waals surface area (Å²) in [5, 5.41) is 13.7. The average Bonchev–Trinajstić information content (AvgIpc) is 2.90. The van der Waals surface area contributed by atoms with Gasteiger partial charge >= 0.3 is 0 Å². The highest BCUT2D eigenvalue weighted by molar-refractivity contribution is 7.99. The molecule has 0 aliphatic rings. The highest BCUT2D eigenvalue weighted by atomic mass is 32.2. The number of nitrogens with zero attached hydrogens (tertiary/aromatic N) is 1. The number of thiophene rings is 1. The van der Waals surface area contributed by atoms with Crippen molar-refractivity contribution < 1.29 is 13.6 Å². The van der Waals surface area contributed by atoms with Crippen LogP contribution in [0, 0.1) is 23.0 Å². The molecule has 0 unspecified atom stereocenters. The zero-order valence-corrected chi connectivity index (χ0v) is 12.4. The van der Waals surface area contributed by atoms with Crippen LogP contribution in [0.5, 0.6) is 0 Å². The Hall–Kier alpha value is -1.91. The van der Waals surface area contributed by atoms with Crippen molar-refractivity contribution in [1.29, 1.82) is 5.26 Å². The molecular weight excluding hydrogens is 314 g/mol. The molecule has 0 bridgehead atoms. The third-order valence-corrected chi connectivity index (χ3v) is 4.35. The van der Waals surface area contributed by atoms with Gasteiger partial charge in [0.15, 0.2) is 11.6 Å². The second-order valence-corrected chi connectivity index (χ2v) is 6.08. The molecule has 0 radical (unpaired) electrons. The van der Waals surface area contributed by atoms with Gasteiger partial charge in [0.1, 0.15) is 11.1 Å². The molecule has 1 aromatic carbocycles. The smallest absolute Gasteiger partial charge is 0.225 e.